The average Bonchev–Trinajstić information content (AvgIpc) is 1.68. The van der Waals surface area contributed by atoms with Gasteiger partial charge in [-0.2, -0.15) is 0 Å². The van der Waals surface area contributed by atoms with Gasteiger partial charge in [0.2, 0.25) is 0 Å². The molecule has 0 rings (SSSR count). The Labute approximate surface area is 47.2 Å². The molecule has 0 radical (unpaired) electrons. The van der Waals surface area contributed by atoms with E-state index in [1.165, 1.54) is 0 Å². The first-order valence-corrected chi connectivity index (χ1v) is 2.14. The molecule has 8 heavy (non-hydrogen) atoms. The minimum Gasteiger partial charge on any atom is -0.446 e. The van der Waals surface area contributed by atoms with Crippen molar-refractivity contribution in [1.29, 1.82) is 0 Å². The van der Waals surface area contributed by atoms with Crippen molar-refractivity contribution in [2.75, 3.05) is 6.61 Å². The van der Waals surface area contributed by atoms with Crippen LogP contribution in [-0.2, 0) is 4.74 Å². The fraction of sp³-hybridized carbons (Fsp3) is 0.500. The highest BCUT2D eigenvalue weighted by Crippen LogP contribution is 1.73. The summed E-state index contributed by atoms with van der Waals surface area (Å²) in [4.78, 5) is 13.0. The molecule has 4 nitrogen and oxygen atoms in total. The van der Waals surface area contributed by atoms with Crippen molar-refractivity contribution in [3.8, 4) is 6.57 Å². The molecule has 0 spiro atoms. The van der Waals surface area contributed by atoms with E-state index >= 15 is 0 Å². The molecule has 0 aliphatic carbocycles. The predicted molar refractivity (Wildman–Crippen MR) is 28.5 cm³/mol. The van der Waals surface area contributed by atoms with E-state index in [1.807, 2.05) is 5.43 Å². The van der Waals surface area contributed by atoms with Crippen LogP contribution < -0.4 is 5.43 Å². The molecule has 0 saturated carbocycles. The zero-order valence-electron chi connectivity index (χ0n) is 4.55. The van der Waals surface area contributed by atoms with Gasteiger partial charge in [-0.15, -0.1) is 0 Å². The summed E-state index contributed by atoms with van der Waals surface area (Å²) in [5.41, 5.74) is 1.89. The first-order chi connectivity index (χ1) is 3.81. The van der Waals surface area contributed by atoms with Gasteiger partial charge in [0, 0.05) is 5.43 Å². The number of ether oxygens (including phenoxy) is 1. The van der Waals surface area contributed by atoms with E-state index in [0.29, 0.717) is 6.61 Å². The molecule has 0 atom stereocenters. The molecule has 0 fully saturated rings. The Bertz CT molecular complexity index is 116. The normalized spacial score (nSPS) is 7.00. The van der Waals surface area contributed by atoms with Crippen LogP contribution in [0.3, 0.4) is 0 Å². The monoisotopic (exact) mass is 115 g/mol. The predicted octanol–water partition coefficient (Wildman–Crippen LogP) is 0.610. The van der Waals surface area contributed by atoms with Gasteiger partial charge in [-0.1, -0.05) is 0 Å². The van der Waals surface area contributed by atoms with Crippen molar-refractivity contribution < 1.29 is 9.53 Å². The lowest BCUT2D eigenvalue weighted by molar-refractivity contribution is 0.156. The number of amides is 1. The second kappa shape index (κ2) is 3.93. The zero-order valence-corrected chi connectivity index (χ0v) is 4.55. The zero-order chi connectivity index (χ0) is 6.41. The summed E-state index contributed by atoms with van der Waals surface area (Å²) in [6.45, 7) is 6.58. The number of carbonyl (C=O) groups excluding carboxylic acids is 1. The van der Waals surface area contributed by atoms with Crippen molar-refractivity contribution in [2.24, 2.45) is 0 Å². The maximum atomic E-state index is 10.1. The summed E-state index contributed by atoms with van der Waals surface area (Å²) in [5.74, 6) is 0. The first kappa shape index (κ1) is 6.76. The van der Waals surface area contributed by atoms with E-state index in [2.05, 4.69) is 16.3 Å². The number of carbonyl (C=O) groups is 1. The Balaban J connectivity index is 3.23. The van der Waals surface area contributed by atoms with Crippen LogP contribution in [0.15, 0.2) is 0 Å². The van der Waals surface area contributed by atoms with Crippen LogP contribution in [0.1, 0.15) is 6.92 Å². The fourth-order valence-corrected chi connectivity index (χ4v) is 0.216. The lowest BCUT2D eigenvalue weighted by Gasteiger charge is -1.89. The van der Waals surface area contributed by atoms with Crippen LogP contribution in [0.2, 0.25) is 0 Å². The molecule has 0 aliphatic heterocycles. The van der Waals surface area contributed by atoms with Gasteiger partial charge in [0.05, 0.1) is 11.6 Å². The van der Waals surface area contributed by atoms with Crippen LogP contribution in [0.25, 0.3) is 4.95 Å². The summed E-state index contributed by atoms with van der Waals surface area (Å²) in [6.07, 6.45) is -0.630. The molecule has 0 heterocycles. The molecule has 0 aliphatic rings. The molecule has 4 heteroatoms. The Morgan fingerprint density at radius 2 is 2.62 bits per heavy atom. The second-order valence-corrected chi connectivity index (χ2v) is 0.961. The van der Waals surface area contributed by atoms with Gasteiger partial charge in [0.25, 0.3) is 0 Å². The van der Waals surface area contributed by atoms with Crippen LogP contribution in [-0.4, -0.2) is 12.7 Å². The second-order valence-electron chi connectivity index (χ2n) is 0.961. The van der Waals surface area contributed by atoms with Gasteiger partial charge in [-0.25, -0.2) is 4.79 Å². The minimum atomic E-state index is -0.630. The van der Waals surface area contributed by atoms with E-state index < -0.39 is 6.09 Å². The molecule has 0 aromatic heterocycles. The average molecular weight is 115 g/mol. The summed E-state index contributed by atoms with van der Waals surface area (Å²) in [5, 5.41) is 0. The SMILES string of the molecule is C#[N+]NC(=O)OCC. The van der Waals surface area contributed by atoms with Gasteiger partial charge in [0.1, 0.15) is 0 Å². The summed E-state index contributed by atoms with van der Waals surface area (Å²) in [7, 11) is 0. The molecule has 0 bridgehead atoms. The molecule has 0 unspecified atom stereocenters. The largest absolute Gasteiger partial charge is 0.475 e. The molecular formula is C4H7N2O2+. The Hall–Kier alpha value is -1.24. The molecule has 0 saturated heterocycles. The molecule has 0 aromatic rings. The Morgan fingerprint density at radius 1 is 2.00 bits per heavy atom. The summed E-state index contributed by atoms with van der Waals surface area (Å²) in [6, 6.07) is 0. The van der Waals surface area contributed by atoms with E-state index in [9.17, 15) is 4.79 Å². The summed E-state index contributed by atoms with van der Waals surface area (Å²) >= 11 is 0. The van der Waals surface area contributed by atoms with Crippen molar-refractivity contribution >= 4 is 6.09 Å². The van der Waals surface area contributed by atoms with Crippen LogP contribution in [0, 0.1) is 6.57 Å². The Morgan fingerprint density at radius 3 is 3.00 bits per heavy atom. The molecule has 0 aromatic carbocycles. The first-order valence-electron chi connectivity index (χ1n) is 2.14. The van der Waals surface area contributed by atoms with Gasteiger partial charge < -0.3 is 4.74 Å². The Kier molecular flexibility index (Phi) is 3.32. The fourth-order valence-electron chi connectivity index (χ4n) is 0.216. The van der Waals surface area contributed by atoms with Crippen LogP contribution in [0.4, 0.5) is 4.79 Å². The number of nitrogens with zero attached hydrogens (tertiary/aromatic N) is 1. The van der Waals surface area contributed by atoms with Gasteiger partial charge >= 0.3 is 12.7 Å². The molecular weight excluding hydrogens is 108 g/mol. The number of nitrogens with one attached hydrogen (secondary N) is 1. The quantitative estimate of drug-likeness (QED) is 0.509. The molecule has 1 N–H and O–H groups in total. The smallest absolute Gasteiger partial charge is 0.446 e. The number of hydrogen-bond acceptors (Lipinski definition) is 2. The maximum Gasteiger partial charge on any atom is 0.475 e. The highest BCUT2D eigenvalue weighted by atomic mass is 16.5. The van der Waals surface area contributed by atoms with E-state index in [1.54, 1.807) is 6.92 Å². The maximum absolute atomic E-state index is 10.1. The van der Waals surface area contributed by atoms with Gasteiger partial charge in [-0.05, 0) is 6.92 Å². The third-order valence-electron chi connectivity index (χ3n) is 0.431. The van der Waals surface area contributed by atoms with Crippen molar-refractivity contribution in [3.63, 3.8) is 0 Å². The third-order valence-corrected chi connectivity index (χ3v) is 0.431. The number of rotatable bonds is 1. The standard InChI is InChI=1S/C4H6N2O2/c1-3-8-4(7)6-5-2/h2H,3H2,1H3/p+1. The van der Waals surface area contributed by atoms with Gasteiger partial charge in [0.15, 0.2) is 0 Å². The van der Waals surface area contributed by atoms with E-state index in [-0.39, 0.29) is 0 Å². The topological polar surface area (TPSA) is 42.7 Å². The minimum absolute atomic E-state index is 0.321. The van der Waals surface area contributed by atoms with Crippen molar-refractivity contribution in [2.45, 2.75) is 6.92 Å². The van der Waals surface area contributed by atoms with Crippen LogP contribution >= 0.6 is 0 Å². The number of hydrogen-bond donors (Lipinski definition) is 1. The molecule has 44 valence electrons. The lowest BCUT2D eigenvalue weighted by atomic mass is 10.9. The van der Waals surface area contributed by atoms with Crippen LogP contribution in [0.5, 0.6) is 0 Å². The van der Waals surface area contributed by atoms with Crippen molar-refractivity contribution in [1.82, 2.24) is 5.43 Å². The highest BCUT2D eigenvalue weighted by Gasteiger charge is 2.00. The lowest BCUT2D eigenvalue weighted by Crippen LogP contribution is -2.16. The van der Waals surface area contributed by atoms with E-state index in [4.69, 9.17) is 0 Å². The third kappa shape index (κ3) is 2.97. The molecule has 1 amide bonds. The van der Waals surface area contributed by atoms with Crippen molar-refractivity contribution in [3.05, 3.63) is 4.95 Å². The van der Waals surface area contributed by atoms with Gasteiger partial charge in [-0.3, -0.25) is 0 Å². The summed E-state index contributed by atoms with van der Waals surface area (Å²) < 4.78 is 4.36. The van der Waals surface area contributed by atoms with E-state index in [0.717, 1.165) is 0 Å². The highest BCUT2D eigenvalue weighted by molar-refractivity contribution is 5.67.